The maximum absolute atomic E-state index is 12.0. The van der Waals surface area contributed by atoms with Gasteiger partial charge in [-0.2, -0.15) is 11.8 Å². The molecule has 2 amide bonds. The summed E-state index contributed by atoms with van der Waals surface area (Å²) in [6, 6.07) is -1.01. The summed E-state index contributed by atoms with van der Waals surface area (Å²) in [7, 11) is 0. The molecule has 18 heavy (non-hydrogen) atoms. The number of thioether (sulfide) groups is 1. The summed E-state index contributed by atoms with van der Waals surface area (Å²) in [5.74, 6) is -0.0270. The van der Waals surface area contributed by atoms with Crippen LogP contribution in [0, 0.1) is 0 Å². The van der Waals surface area contributed by atoms with Crippen LogP contribution in [0.25, 0.3) is 0 Å². The van der Waals surface area contributed by atoms with Gasteiger partial charge in [-0.3, -0.25) is 0 Å². The predicted octanol–water partition coefficient (Wildman–Crippen LogP) is 1.78. The van der Waals surface area contributed by atoms with Gasteiger partial charge in [0, 0.05) is 24.1 Å². The first-order valence-corrected chi connectivity index (χ1v) is 7.53. The summed E-state index contributed by atoms with van der Waals surface area (Å²) >= 11 is 1.88. The Balaban J connectivity index is 2.50. The lowest BCUT2D eigenvalue weighted by Gasteiger charge is -2.32. The third-order valence-corrected chi connectivity index (χ3v) is 4.43. The van der Waals surface area contributed by atoms with E-state index in [9.17, 15) is 9.59 Å². The number of carbonyl (C=O) groups is 2. The Morgan fingerprint density at radius 1 is 1.50 bits per heavy atom. The Hall–Kier alpha value is -0.910. The molecule has 1 aliphatic rings. The normalized spacial score (nSPS) is 21.4. The third kappa shape index (κ3) is 4.40. The molecule has 0 bridgehead atoms. The summed E-state index contributed by atoms with van der Waals surface area (Å²) in [5.41, 5.74) is 0. The summed E-state index contributed by atoms with van der Waals surface area (Å²) < 4.78 is 0. The standard InChI is InChI=1S/C12H22N2O3S/c1-3-5-10(11(15)16)13-12(17)14-6-7-18-9(4-2)8-14/h9-10H,3-8H2,1-2H3,(H,13,17)(H,15,16)/t9?,10-/m0/s1. The highest BCUT2D eigenvalue weighted by Gasteiger charge is 2.26. The highest BCUT2D eigenvalue weighted by atomic mass is 32.2. The summed E-state index contributed by atoms with van der Waals surface area (Å²) in [5, 5.41) is 12.1. The molecular formula is C12H22N2O3S. The third-order valence-electron chi connectivity index (χ3n) is 3.05. The lowest BCUT2D eigenvalue weighted by Crippen LogP contribution is -2.51. The first kappa shape index (κ1) is 15.1. The van der Waals surface area contributed by atoms with Gasteiger partial charge in [0.1, 0.15) is 6.04 Å². The highest BCUT2D eigenvalue weighted by Crippen LogP contribution is 2.21. The van der Waals surface area contributed by atoms with E-state index in [1.165, 1.54) is 0 Å². The number of nitrogens with one attached hydrogen (secondary N) is 1. The Morgan fingerprint density at radius 2 is 2.22 bits per heavy atom. The van der Waals surface area contributed by atoms with Gasteiger partial charge in [-0.25, -0.2) is 9.59 Å². The van der Waals surface area contributed by atoms with Crippen molar-refractivity contribution in [1.29, 1.82) is 0 Å². The number of carbonyl (C=O) groups excluding carboxylic acids is 1. The zero-order chi connectivity index (χ0) is 13.5. The lowest BCUT2D eigenvalue weighted by atomic mass is 10.2. The molecule has 0 radical (unpaired) electrons. The van der Waals surface area contributed by atoms with Crippen LogP contribution in [0.5, 0.6) is 0 Å². The molecule has 1 heterocycles. The quantitative estimate of drug-likeness (QED) is 0.801. The molecule has 2 atom stereocenters. The van der Waals surface area contributed by atoms with Crippen LogP contribution >= 0.6 is 11.8 Å². The first-order valence-electron chi connectivity index (χ1n) is 6.48. The van der Waals surface area contributed by atoms with Gasteiger partial charge in [-0.15, -0.1) is 0 Å². The SMILES string of the molecule is CCC[C@H](NC(=O)N1CCSC(CC)C1)C(=O)O. The maximum Gasteiger partial charge on any atom is 0.326 e. The van der Waals surface area contributed by atoms with Crippen LogP contribution < -0.4 is 5.32 Å². The van der Waals surface area contributed by atoms with Crippen LogP contribution in [0.2, 0.25) is 0 Å². The summed E-state index contributed by atoms with van der Waals surface area (Å²) in [4.78, 5) is 24.7. The topological polar surface area (TPSA) is 69.6 Å². The highest BCUT2D eigenvalue weighted by molar-refractivity contribution is 8.00. The molecule has 5 nitrogen and oxygen atoms in total. The van der Waals surface area contributed by atoms with Crippen molar-refractivity contribution in [1.82, 2.24) is 10.2 Å². The smallest absolute Gasteiger partial charge is 0.326 e. The van der Waals surface area contributed by atoms with E-state index < -0.39 is 12.0 Å². The van der Waals surface area contributed by atoms with E-state index in [1.807, 2.05) is 18.7 Å². The van der Waals surface area contributed by atoms with Crippen LogP contribution in [0.3, 0.4) is 0 Å². The number of carboxylic acid groups (broad SMARTS) is 1. The van der Waals surface area contributed by atoms with Crippen LogP contribution in [-0.4, -0.2) is 52.1 Å². The molecule has 104 valence electrons. The number of aliphatic carboxylic acids is 1. The average molecular weight is 274 g/mol. The minimum Gasteiger partial charge on any atom is -0.480 e. The largest absolute Gasteiger partial charge is 0.480 e. The average Bonchev–Trinajstić information content (AvgIpc) is 2.38. The van der Waals surface area contributed by atoms with Crippen LogP contribution in [0.1, 0.15) is 33.1 Å². The van der Waals surface area contributed by atoms with Crippen molar-refractivity contribution in [2.24, 2.45) is 0 Å². The van der Waals surface area contributed by atoms with E-state index >= 15 is 0 Å². The van der Waals surface area contributed by atoms with E-state index in [1.54, 1.807) is 4.90 Å². The predicted molar refractivity (Wildman–Crippen MR) is 73.0 cm³/mol. The molecule has 6 heteroatoms. The summed E-state index contributed by atoms with van der Waals surface area (Å²) in [6.07, 6.45) is 2.25. The molecular weight excluding hydrogens is 252 g/mol. The van der Waals surface area contributed by atoms with Crippen LogP contribution in [0.15, 0.2) is 0 Å². The number of nitrogens with zero attached hydrogens (tertiary/aromatic N) is 1. The molecule has 0 aliphatic carbocycles. The second kappa shape index (κ2) is 7.51. The van der Waals surface area contributed by atoms with Gasteiger partial charge in [-0.05, 0) is 12.8 Å². The number of rotatable bonds is 5. The fraction of sp³-hybridized carbons (Fsp3) is 0.833. The second-order valence-corrected chi connectivity index (χ2v) is 5.88. The molecule has 1 fully saturated rings. The van der Waals surface area contributed by atoms with Crippen molar-refractivity contribution in [2.45, 2.75) is 44.4 Å². The van der Waals surface area contributed by atoms with E-state index in [0.717, 1.165) is 18.6 Å². The van der Waals surface area contributed by atoms with Crippen LogP contribution in [0.4, 0.5) is 4.79 Å². The Morgan fingerprint density at radius 3 is 2.78 bits per heavy atom. The fourth-order valence-electron chi connectivity index (χ4n) is 1.94. The minimum atomic E-state index is -0.955. The number of urea groups is 1. The van der Waals surface area contributed by atoms with Gasteiger partial charge in [0.2, 0.25) is 0 Å². The molecule has 1 saturated heterocycles. The van der Waals surface area contributed by atoms with Crippen molar-refractivity contribution in [2.75, 3.05) is 18.8 Å². The van der Waals surface area contributed by atoms with Crippen molar-refractivity contribution >= 4 is 23.8 Å². The van der Waals surface area contributed by atoms with E-state index in [2.05, 4.69) is 12.2 Å². The molecule has 1 rings (SSSR count). The Bertz CT molecular complexity index is 299. The number of amides is 2. The van der Waals surface area contributed by atoms with E-state index in [-0.39, 0.29) is 6.03 Å². The Kier molecular flexibility index (Phi) is 6.32. The van der Waals surface area contributed by atoms with E-state index in [4.69, 9.17) is 5.11 Å². The fourth-order valence-corrected chi connectivity index (χ4v) is 3.12. The lowest BCUT2D eigenvalue weighted by molar-refractivity contribution is -0.139. The molecule has 1 unspecified atom stereocenters. The van der Waals surface area contributed by atoms with Gasteiger partial charge in [0.05, 0.1) is 0 Å². The zero-order valence-electron chi connectivity index (χ0n) is 11.0. The zero-order valence-corrected chi connectivity index (χ0v) is 11.8. The Labute approximate surface area is 112 Å². The molecule has 0 aromatic rings. The van der Waals surface area contributed by atoms with Gasteiger partial charge in [0.25, 0.3) is 0 Å². The van der Waals surface area contributed by atoms with Gasteiger partial charge in [0.15, 0.2) is 0 Å². The monoisotopic (exact) mass is 274 g/mol. The van der Waals surface area contributed by atoms with Gasteiger partial charge >= 0.3 is 12.0 Å². The number of hydrogen-bond acceptors (Lipinski definition) is 3. The van der Waals surface area contributed by atoms with Gasteiger partial charge < -0.3 is 15.3 Å². The molecule has 1 aliphatic heterocycles. The van der Waals surface area contributed by atoms with Crippen molar-refractivity contribution in [3.8, 4) is 0 Å². The van der Waals surface area contributed by atoms with E-state index in [0.29, 0.717) is 24.8 Å². The number of carboxylic acids is 1. The maximum atomic E-state index is 12.0. The molecule has 0 aromatic heterocycles. The summed E-state index contributed by atoms with van der Waals surface area (Å²) in [6.45, 7) is 5.43. The number of hydrogen-bond donors (Lipinski definition) is 2. The molecule has 0 aromatic carbocycles. The van der Waals surface area contributed by atoms with Crippen molar-refractivity contribution in [3.05, 3.63) is 0 Å². The molecule has 0 spiro atoms. The second-order valence-electron chi connectivity index (χ2n) is 4.48. The van der Waals surface area contributed by atoms with Gasteiger partial charge in [-0.1, -0.05) is 20.3 Å². The van der Waals surface area contributed by atoms with Crippen molar-refractivity contribution in [3.63, 3.8) is 0 Å². The van der Waals surface area contributed by atoms with Crippen LogP contribution in [-0.2, 0) is 4.79 Å². The first-order chi connectivity index (χ1) is 8.58. The van der Waals surface area contributed by atoms with Crippen molar-refractivity contribution < 1.29 is 14.7 Å². The molecule has 0 saturated carbocycles. The molecule has 2 N–H and O–H groups in total. The minimum absolute atomic E-state index is 0.241.